The minimum Gasteiger partial charge on any atom is -0.496 e. The van der Waals surface area contributed by atoms with Gasteiger partial charge in [-0.2, -0.15) is 0 Å². The van der Waals surface area contributed by atoms with Crippen molar-refractivity contribution in [3.8, 4) is 5.75 Å². The Hall–Kier alpha value is -1.72. The Morgan fingerprint density at radius 3 is 2.89 bits per heavy atom. The number of ether oxygens (including phenoxy) is 1. The van der Waals surface area contributed by atoms with Crippen LogP contribution >= 0.6 is 23.1 Å². The van der Waals surface area contributed by atoms with Gasteiger partial charge < -0.3 is 10.5 Å². The predicted molar refractivity (Wildman–Crippen MR) is 81.1 cm³/mol. The van der Waals surface area contributed by atoms with Gasteiger partial charge >= 0.3 is 0 Å². The van der Waals surface area contributed by atoms with Gasteiger partial charge in [-0.3, -0.25) is 0 Å². The van der Waals surface area contributed by atoms with Crippen LogP contribution in [0.15, 0.2) is 51.7 Å². The molecule has 0 aliphatic carbocycles. The van der Waals surface area contributed by atoms with Gasteiger partial charge in [0, 0.05) is 5.69 Å². The van der Waals surface area contributed by atoms with Crippen LogP contribution in [0.25, 0.3) is 10.2 Å². The van der Waals surface area contributed by atoms with Gasteiger partial charge in [0.2, 0.25) is 0 Å². The zero-order valence-electron chi connectivity index (χ0n) is 10.3. The lowest BCUT2D eigenvalue weighted by atomic mass is 10.3. The molecule has 1 heterocycles. The number of rotatable bonds is 3. The van der Waals surface area contributed by atoms with E-state index in [1.165, 1.54) is 0 Å². The monoisotopic (exact) mass is 288 g/mol. The lowest BCUT2D eigenvalue weighted by Crippen LogP contribution is -1.84. The van der Waals surface area contributed by atoms with Crippen molar-refractivity contribution in [2.24, 2.45) is 0 Å². The lowest BCUT2D eigenvalue weighted by molar-refractivity contribution is 0.405. The molecule has 96 valence electrons. The number of methoxy groups -OCH3 is 1. The molecule has 19 heavy (non-hydrogen) atoms. The van der Waals surface area contributed by atoms with Crippen molar-refractivity contribution >= 4 is 39.0 Å². The molecule has 0 aliphatic heterocycles. The van der Waals surface area contributed by atoms with Gasteiger partial charge in [-0.1, -0.05) is 23.9 Å². The van der Waals surface area contributed by atoms with Crippen molar-refractivity contribution in [3.63, 3.8) is 0 Å². The number of nitrogens with zero attached hydrogens (tertiary/aromatic N) is 1. The van der Waals surface area contributed by atoms with Crippen molar-refractivity contribution < 1.29 is 4.74 Å². The average molecular weight is 288 g/mol. The number of thiazole rings is 1. The Morgan fingerprint density at radius 1 is 1.21 bits per heavy atom. The Labute approximate surface area is 119 Å². The van der Waals surface area contributed by atoms with Crippen LogP contribution in [0.2, 0.25) is 0 Å². The number of anilines is 1. The van der Waals surface area contributed by atoms with Crippen molar-refractivity contribution in [1.29, 1.82) is 0 Å². The molecule has 0 atom stereocenters. The summed E-state index contributed by atoms with van der Waals surface area (Å²) in [6.07, 6.45) is 0. The number of para-hydroxylation sites is 1. The summed E-state index contributed by atoms with van der Waals surface area (Å²) in [5.41, 5.74) is 7.53. The first-order valence-corrected chi connectivity index (χ1v) is 7.36. The summed E-state index contributed by atoms with van der Waals surface area (Å²) in [4.78, 5) is 5.66. The van der Waals surface area contributed by atoms with Crippen molar-refractivity contribution in [2.75, 3.05) is 12.8 Å². The molecule has 0 spiro atoms. The molecule has 3 nitrogen and oxygen atoms in total. The molecular weight excluding hydrogens is 276 g/mol. The molecule has 2 aromatic carbocycles. The average Bonchev–Trinajstić information content (AvgIpc) is 2.80. The molecule has 0 fully saturated rings. The van der Waals surface area contributed by atoms with Crippen LogP contribution < -0.4 is 10.5 Å². The van der Waals surface area contributed by atoms with E-state index in [0.717, 1.165) is 30.9 Å². The summed E-state index contributed by atoms with van der Waals surface area (Å²) < 4.78 is 7.45. The van der Waals surface area contributed by atoms with E-state index in [4.69, 9.17) is 10.5 Å². The van der Waals surface area contributed by atoms with Crippen molar-refractivity contribution in [2.45, 2.75) is 9.24 Å². The summed E-state index contributed by atoms with van der Waals surface area (Å²) in [7, 11) is 1.68. The second-order valence-corrected chi connectivity index (χ2v) is 6.28. The van der Waals surface area contributed by atoms with E-state index < -0.39 is 0 Å². The summed E-state index contributed by atoms with van der Waals surface area (Å²) in [5.74, 6) is 0.867. The van der Waals surface area contributed by atoms with Crippen LogP contribution in [0.5, 0.6) is 5.75 Å². The molecule has 1 aromatic heterocycles. The number of nitrogen functional groups attached to an aromatic ring is 1. The molecule has 5 heteroatoms. The maximum atomic E-state index is 5.78. The van der Waals surface area contributed by atoms with Gasteiger partial charge in [-0.05, 0) is 30.3 Å². The number of hydrogen-bond acceptors (Lipinski definition) is 5. The molecule has 0 amide bonds. The second-order valence-electron chi connectivity index (χ2n) is 3.96. The molecule has 0 aliphatic rings. The summed E-state index contributed by atoms with van der Waals surface area (Å²) in [5, 5.41) is 0. The first-order chi connectivity index (χ1) is 9.26. The fraction of sp³-hybridized carbons (Fsp3) is 0.0714. The van der Waals surface area contributed by atoms with Gasteiger partial charge in [0.1, 0.15) is 5.75 Å². The highest BCUT2D eigenvalue weighted by molar-refractivity contribution is 8.01. The predicted octanol–water partition coefficient (Wildman–Crippen LogP) is 4.04. The van der Waals surface area contributed by atoms with Crippen molar-refractivity contribution in [3.05, 3.63) is 42.5 Å². The lowest BCUT2D eigenvalue weighted by Gasteiger charge is -2.04. The largest absolute Gasteiger partial charge is 0.496 e. The van der Waals surface area contributed by atoms with E-state index in [1.807, 2.05) is 42.5 Å². The van der Waals surface area contributed by atoms with E-state index in [0.29, 0.717) is 0 Å². The quantitative estimate of drug-likeness (QED) is 0.739. The molecule has 0 saturated heterocycles. The smallest absolute Gasteiger partial charge is 0.156 e. The Bertz CT molecular complexity index is 724. The van der Waals surface area contributed by atoms with Gasteiger partial charge in [0.15, 0.2) is 4.34 Å². The molecule has 3 aromatic rings. The molecule has 0 radical (unpaired) electrons. The van der Waals surface area contributed by atoms with Crippen LogP contribution in [-0.4, -0.2) is 12.1 Å². The number of hydrogen-bond donors (Lipinski definition) is 1. The first kappa shape index (κ1) is 12.3. The fourth-order valence-electron chi connectivity index (χ4n) is 1.76. The Kier molecular flexibility index (Phi) is 3.31. The highest BCUT2D eigenvalue weighted by Gasteiger charge is 2.09. The van der Waals surface area contributed by atoms with Crippen LogP contribution in [0, 0.1) is 0 Å². The molecule has 0 unspecified atom stereocenters. The molecular formula is C14H12N2OS2. The number of nitrogens with two attached hydrogens (primary N) is 1. The highest BCUT2D eigenvalue weighted by Crippen LogP contribution is 2.38. The van der Waals surface area contributed by atoms with Crippen LogP contribution in [0.1, 0.15) is 0 Å². The summed E-state index contributed by atoms with van der Waals surface area (Å²) in [6, 6.07) is 13.7. The molecule has 0 bridgehead atoms. The third-order valence-electron chi connectivity index (χ3n) is 2.66. The van der Waals surface area contributed by atoms with Gasteiger partial charge in [0.25, 0.3) is 0 Å². The topological polar surface area (TPSA) is 48.1 Å². The van der Waals surface area contributed by atoms with Crippen molar-refractivity contribution in [1.82, 2.24) is 4.98 Å². The van der Waals surface area contributed by atoms with Crippen LogP contribution in [0.4, 0.5) is 5.69 Å². The third-order valence-corrected chi connectivity index (χ3v) is 4.80. The third kappa shape index (κ3) is 2.52. The highest BCUT2D eigenvalue weighted by atomic mass is 32.2. The van der Waals surface area contributed by atoms with Crippen LogP contribution in [-0.2, 0) is 0 Å². The Morgan fingerprint density at radius 2 is 2.05 bits per heavy atom. The van der Waals surface area contributed by atoms with Gasteiger partial charge in [-0.15, -0.1) is 11.3 Å². The first-order valence-electron chi connectivity index (χ1n) is 5.73. The van der Waals surface area contributed by atoms with Crippen LogP contribution in [0.3, 0.4) is 0 Å². The minimum atomic E-state index is 0.769. The maximum Gasteiger partial charge on any atom is 0.156 e. The number of fused-ring (bicyclic) bond motifs is 1. The van der Waals surface area contributed by atoms with E-state index in [1.54, 1.807) is 30.2 Å². The van der Waals surface area contributed by atoms with E-state index in [2.05, 4.69) is 4.98 Å². The number of aromatic nitrogens is 1. The SMILES string of the molecule is COc1ccccc1Sc1nc2ccc(N)cc2s1. The van der Waals surface area contributed by atoms with Gasteiger partial charge in [0.05, 0.1) is 22.2 Å². The zero-order chi connectivity index (χ0) is 13.2. The molecule has 0 saturated carbocycles. The zero-order valence-corrected chi connectivity index (χ0v) is 11.9. The number of benzene rings is 2. The van der Waals surface area contributed by atoms with E-state index in [-0.39, 0.29) is 0 Å². The molecule has 2 N–H and O–H groups in total. The maximum absolute atomic E-state index is 5.78. The second kappa shape index (κ2) is 5.11. The van der Waals surface area contributed by atoms with Gasteiger partial charge in [-0.25, -0.2) is 4.98 Å². The van der Waals surface area contributed by atoms with E-state index in [9.17, 15) is 0 Å². The fourth-order valence-corrected chi connectivity index (χ4v) is 3.94. The minimum absolute atomic E-state index is 0.769. The Balaban J connectivity index is 1.96. The van der Waals surface area contributed by atoms with E-state index >= 15 is 0 Å². The normalized spacial score (nSPS) is 10.8. The molecule has 3 rings (SSSR count). The summed E-state index contributed by atoms with van der Waals surface area (Å²) >= 11 is 3.25. The summed E-state index contributed by atoms with van der Waals surface area (Å²) in [6.45, 7) is 0. The standard InChI is InChI=1S/C14H12N2OS2/c1-17-11-4-2-3-5-12(11)18-14-16-10-7-6-9(15)8-13(10)19-14/h2-8H,15H2,1H3.